The highest BCUT2D eigenvalue weighted by molar-refractivity contribution is 9.10. The Labute approximate surface area is 500 Å². The molecule has 0 atom stereocenters. The van der Waals surface area contributed by atoms with Crippen LogP contribution in [0.15, 0.2) is 180 Å². The molecule has 0 unspecified atom stereocenters. The zero-order valence-corrected chi connectivity index (χ0v) is 51.9. The number of H-pyrrole nitrogens is 2. The number of aromatic nitrogens is 8. The molecule has 1 saturated heterocycles. The van der Waals surface area contributed by atoms with Crippen molar-refractivity contribution in [3.8, 4) is 33.9 Å². The largest absolute Gasteiger partial charge is 0.493 e. The maximum absolute atomic E-state index is 6.52. The minimum absolute atomic E-state index is 0.0767. The molecule has 3 heterocycles. The number of anilines is 4. The Morgan fingerprint density at radius 1 is 0.542 bits per heavy atom. The second kappa shape index (κ2) is 28.1. The molecule has 0 bridgehead atoms. The number of rotatable bonds is 18. The molecule has 2 aromatic heterocycles. The molecule has 83 heavy (non-hydrogen) atoms. The van der Waals surface area contributed by atoms with Crippen LogP contribution in [0.25, 0.3) is 33.9 Å². The number of nitrogens with two attached hydrogens (primary N) is 2. The summed E-state index contributed by atoms with van der Waals surface area (Å²) in [5.41, 5.74) is 24.4. The number of aryl methyl sites for hydroxylation is 1. The van der Waals surface area contributed by atoms with E-state index < -0.39 is 5.54 Å². The standard InChI is InChI=1S/C26H19BrN4.C22H30N6.C19H33BN2O2/c27-24-19-11-10-18-23(24)25-28-30-31(29-25)26(20-12-4-1-5-13-20,21-14-6-2-7-15-21)22-16-8-3-9-17-22;1-15(2)13-28(14-16(3)4)21-11-10-17(12-20(21)23)18-8-6-7-9-19(18)22-24-26-27(5)25-22;1-14(2)10-22(11-15(3)4)18-8-7-16(9-17(18)21)20-23-12-19(5,6)13-24-20/h1-19H;6-12,15-16H,13-14,23H2,1-5H3;7-9,14-15H,10-13,21H2,1-6H3/p+2. The Hall–Kier alpha value is -7.66. The summed E-state index contributed by atoms with van der Waals surface area (Å²) >= 11 is 3.62. The van der Waals surface area contributed by atoms with Gasteiger partial charge in [0.25, 0.3) is 0 Å². The van der Waals surface area contributed by atoms with Crippen molar-refractivity contribution in [1.29, 1.82) is 0 Å². The highest BCUT2D eigenvalue weighted by Crippen LogP contribution is 2.38. The van der Waals surface area contributed by atoms with Crippen LogP contribution in [0.1, 0.15) is 85.9 Å². The van der Waals surface area contributed by atoms with Crippen LogP contribution in [0.4, 0.5) is 22.7 Å². The lowest BCUT2D eigenvalue weighted by Crippen LogP contribution is -2.62. The number of hydrogen-bond acceptors (Lipinski definition) is 10. The van der Waals surface area contributed by atoms with Gasteiger partial charge in [-0.25, -0.2) is 0 Å². The lowest BCUT2D eigenvalue weighted by molar-refractivity contribution is -0.836. The number of hydrogen-bond donors (Lipinski definition) is 4. The first-order valence-corrected chi connectivity index (χ1v) is 29.8. The van der Waals surface area contributed by atoms with Crippen LogP contribution < -0.4 is 36.3 Å². The van der Waals surface area contributed by atoms with Gasteiger partial charge in [0.2, 0.25) is 5.54 Å². The maximum atomic E-state index is 6.52. The lowest BCUT2D eigenvalue weighted by Gasteiger charge is -2.33. The number of nitrogens with one attached hydrogen (secondary N) is 2. The molecule has 9 aromatic rings. The van der Waals surface area contributed by atoms with Gasteiger partial charge in [-0.05, 0) is 124 Å². The molecule has 0 aliphatic carbocycles. The summed E-state index contributed by atoms with van der Waals surface area (Å²) in [6.45, 7) is 27.6. The maximum Gasteiger partial charge on any atom is 0.493 e. The van der Waals surface area contributed by atoms with Crippen molar-refractivity contribution in [2.45, 2.75) is 74.8 Å². The van der Waals surface area contributed by atoms with Gasteiger partial charge in [0.15, 0.2) is 0 Å². The summed E-state index contributed by atoms with van der Waals surface area (Å²) < 4.78 is 12.7. The molecular formula is C67H84BBrN12O2+2. The molecule has 0 radical (unpaired) electrons. The topological polar surface area (TPSA) is 168 Å². The van der Waals surface area contributed by atoms with Gasteiger partial charge in [0, 0.05) is 66.0 Å². The van der Waals surface area contributed by atoms with E-state index in [1.165, 1.54) is 0 Å². The number of halogens is 1. The Balaban J connectivity index is 0.000000164. The Morgan fingerprint density at radius 2 is 0.964 bits per heavy atom. The number of benzene rings is 7. The molecule has 432 valence electrons. The van der Waals surface area contributed by atoms with Crippen LogP contribution >= 0.6 is 15.9 Å². The highest BCUT2D eigenvalue weighted by Gasteiger charge is 2.46. The molecule has 0 spiro atoms. The van der Waals surface area contributed by atoms with Gasteiger partial charge in [-0.3, -0.25) is 0 Å². The van der Waals surface area contributed by atoms with Crippen molar-refractivity contribution in [2.24, 2.45) is 36.1 Å². The van der Waals surface area contributed by atoms with E-state index in [0.717, 1.165) is 97.8 Å². The number of aromatic amines is 2. The molecule has 7 aromatic carbocycles. The predicted octanol–water partition coefficient (Wildman–Crippen LogP) is 12.2. The summed E-state index contributed by atoms with van der Waals surface area (Å²) in [4.78, 5) is 8.25. The van der Waals surface area contributed by atoms with E-state index >= 15 is 0 Å². The van der Waals surface area contributed by atoms with Crippen LogP contribution in [-0.2, 0) is 21.9 Å². The fourth-order valence-corrected chi connectivity index (χ4v) is 11.1. The lowest BCUT2D eigenvalue weighted by atomic mass is 9.75. The van der Waals surface area contributed by atoms with Gasteiger partial charge in [0.05, 0.1) is 44.1 Å². The van der Waals surface area contributed by atoms with Crippen LogP contribution in [0.5, 0.6) is 0 Å². The molecule has 16 heteroatoms. The van der Waals surface area contributed by atoms with Gasteiger partial charge in [-0.15, -0.1) is 0 Å². The molecule has 1 aliphatic rings. The fraction of sp³-hybridized carbons (Fsp3) is 0.343. The summed E-state index contributed by atoms with van der Waals surface area (Å²) in [6, 6.07) is 59.9. The average Bonchev–Trinajstić information content (AvgIpc) is 2.96. The van der Waals surface area contributed by atoms with Crippen molar-refractivity contribution < 1.29 is 18.9 Å². The van der Waals surface area contributed by atoms with E-state index in [4.69, 9.17) is 25.9 Å². The smallest absolute Gasteiger partial charge is 0.407 e. The van der Waals surface area contributed by atoms with Crippen LogP contribution in [0.2, 0.25) is 0 Å². The Bertz CT molecular complexity index is 3340. The fourth-order valence-electron chi connectivity index (χ4n) is 10.6. The summed E-state index contributed by atoms with van der Waals surface area (Å²) in [7, 11) is 1.52. The van der Waals surface area contributed by atoms with Crippen molar-refractivity contribution in [2.75, 3.05) is 60.7 Å². The third-order valence-electron chi connectivity index (χ3n) is 14.1. The first kappa shape index (κ1) is 61.4. The summed E-state index contributed by atoms with van der Waals surface area (Å²) in [5.74, 6) is 3.63. The van der Waals surface area contributed by atoms with Gasteiger partial charge >= 0.3 is 18.8 Å². The number of nitrogens with zero attached hydrogens (tertiary/aromatic N) is 8. The SMILES string of the molecule is Brc1ccccc1-c1n[nH][n+](C(c2ccccc2)(c2ccccc2)c2ccccc2)n1.CC(C)CN(CC(C)C)c1ccc(-c2ccccc2-c2n[nH][n+](C)n2)cc1N.CC(C)CN(CC(C)C)c1ccc(B2OCC(C)(C)CO2)cc1N. The summed E-state index contributed by atoms with van der Waals surface area (Å²) in [6.07, 6.45) is 0. The Kier molecular flexibility index (Phi) is 20.8. The van der Waals surface area contributed by atoms with Crippen LogP contribution in [0.3, 0.4) is 0 Å². The normalized spacial score (nSPS) is 13.2. The minimum Gasteiger partial charge on any atom is -0.407 e. The van der Waals surface area contributed by atoms with E-state index in [-0.39, 0.29) is 12.5 Å². The highest BCUT2D eigenvalue weighted by atomic mass is 79.9. The van der Waals surface area contributed by atoms with Crippen LogP contribution in [-0.4, -0.2) is 77.3 Å². The molecule has 0 saturated carbocycles. The van der Waals surface area contributed by atoms with E-state index in [1.807, 2.05) is 78.6 Å². The number of nitrogen functional groups attached to an aromatic ring is 2. The van der Waals surface area contributed by atoms with Crippen molar-refractivity contribution >= 4 is 51.3 Å². The molecule has 0 amide bonds. The molecular weight excluding hydrogens is 1100 g/mol. The van der Waals surface area contributed by atoms with Crippen LogP contribution in [0, 0.1) is 29.1 Å². The van der Waals surface area contributed by atoms with E-state index in [9.17, 15) is 0 Å². The monoisotopic (exact) mass is 1180 g/mol. The molecule has 1 aliphatic heterocycles. The van der Waals surface area contributed by atoms with Gasteiger partial charge in [-0.1, -0.05) is 207 Å². The van der Waals surface area contributed by atoms with Gasteiger partial charge < -0.3 is 30.6 Å². The van der Waals surface area contributed by atoms with E-state index in [0.29, 0.717) is 48.5 Å². The zero-order chi connectivity index (χ0) is 59.3. The quantitative estimate of drug-likeness (QED) is 0.0281. The first-order valence-electron chi connectivity index (χ1n) is 29.0. The Morgan fingerprint density at radius 3 is 1.41 bits per heavy atom. The molecule has 1 fully saturated rings. The summed E-state index contributed by atoms with van der Waals surface area (Å²) in [5, 5.41) is 24.3. The van der Waals surface area contributed by atoms with Crippen molar-refractivity contribution in [3.63, 3.8) is 0 Å². The second-order valence-corrected chi connectivity index (χ2v) is 24.9. The third kappa shape index (κ3) is 15.5. The van der Waals surface area contributed by atoms with Gasteiger partial charge in [-0.2, -0.15) is 0 Å². The third-order valence-corrected chi connectivity index (χ3v) is 14.8. The van der Waals surface area contributed by atoms with Crippen molar-refractivity contribution in [3.05, 3.63) is 197 Å². The predicted molar refractivity (Wildman–Crippen MR) is 343 cm³/mol. The molecule has 10 rings (SSSR count). The first-order chi connectivity index (χ1) is 39.8. The van der Waals surface area contributed by atoms with E-state index in [1.54, 1.807) is 4.80 Å². The molecule has 6 N–H and O–H groups in total. The number of tetrazole rings is 2. The van der Waals surface area contributed by atoms with E-state index in [2.05, 4.69) is 230 Å². The minimum atomic E-state index is -0.712. The van der Waals surface area contributed by atoms with Gasteiger partial charge in [0.1, 0.15) is 7.05 Å². The second-order valence-electron chi connectivity index (χ2n) is 24.0. The zero-order valence-electron chi connectivity index (χ0n) is 50.3. The molecule has 14 nitrogen and oxygen atoms in total. The average molecular weight is 1180 g/mol. The van der Waals surface area contributed by atoms with Crippen molar-refractivity contribution in [1.82, 2.24) is 30.8 Å².